The van der Waals surface area contributed by atoms with Gasteiger partial charge in [0.1, 0.15) is 0 Å². The average Bonchev–Trinajstić information content (AvgIpc) is 2.18. The van der Waals surface area contributed by atoms with Crippen LogP contribution in [0.1, 0.15) is 18.1 Å². The number of aliphatic hydroxyl groups excluding tert-OH is 1. The zero-order chi connectivity index (χ0) is 10.6. The Morgan fingerprint density at radius 2 is 1.86 bits per heavy atom. The van der Waals surface area contributed by atoms with Gasteiger partial charge in [0.05, 0.1) is 6.10 Å². The fourth-order valence-electron chi connectivity index (χ4n) is 1.32. The molecule has 0 aliphatic carbocycles. The second kappa shape index (κ2) is 4.98. The van der Waals surface area contributed by atoms with Crippen LogP contribution in [0.25, 0.3) is 0 Å². The van der Waals surface area contributed by atoms with Crippen LogP contribution in [-0.4, -0.2) is 25.7 Å². The first-order chi connectivity index (χ1) is 6.65. The van der Waals surface area contributed by atoms with Crippen molar-refractivity contribution in [3.05, 3.63) is 29.8 Å². The minimum absolute atomic E-state index is 0.434. The van der Waals surface area contributed by atoms with Crippen LogP contribution < -0.4 is 10.6 Å². The van der Waals surface area contributed by atoms with Crippen LogP contribution in [0.3, 0.4) is 0 Å². The Balaban J connectivity index is 2.72. The lowest BCUT2D eigenvalue weighted by molar-refractivity contribution is 0.170. The van der Waals surface area contributed by atoms with E-state index in [-0.39, 0.29) is 0 Å². The lowest BCUT2D eigenvalue weighted by atomic mass is 10.1. The van der Waals surface area contributed by atoms with Crippen LogP contribution in [0.15, 0.2) is 24.3 Å². The second-order valence-corrected chi connectivity index (χ2v) is 3.58. The molecule has 1 atom stereocenters. The highest BCUT2D eigenvalue weighted by Gasteiger charge is 2.05. The lowest BCUT2D eigenvalue weighted by Gasteiger charge is -2.14. The highest BCUT2D eigenvalue weighted by Crippen LogP contribution is 2.19. The Bertz CT molecular complexity index is 269. The van der Waals surface area contributed by atoms with Gasteiger partial charge in [-0.05, 0) is 30.7 Å². The van der Waals surface area contributed by atoms with Crippen LogP contribution in [0.4, 0.5) is 5.69 Å². The third-order valence-electron chi connectivity index (χ3n) is 2.23. The molecule has 0 saturated heterocycles. The standard InChI is InChI=1S/C11H18N2O/c1-13(2)10-5-3-9(4-6-10)11(14)7-8-12/h3-6,11,14H,7-8,12H2,1-2H3/t11-/m1/s1. The van der Waals surface area contributed by atoms with E-state index in [0.717, 1.165) is 11.3 Å². The summed E-state index contributed by atoms with van der Waals surface area (Å²) in [5.41, 5.74) is 7.44. The molecule has 0 fully saturated rings. The number of benzene rings is 1. The van der Waals surface area contributed by atoms with Crippen molar-refractivity contribution in [2.75, 3.05) is 25.5 Å². The van der Waals surface area contributed by atoms with Gasteiger partial charge < -0.3 is 15.7 Å². The average molecular weight is 194 g/mol. The first-order valence-corrected chi connectivity index (χ1v) is 4.80. The topological polar surface area (TPSA) is 49.5 Å². The van der Waals surface area contributed by atoms with Gasteiger partial charge in [-0.3, -0.25) is 0 Å². The monoisotopic (exact) mass is 194 g/mol. The van der Waals surface area contributed by atoms with Gasteiger partial charge >= 0.3 is 0 Å². The maximum absolute atomic E-state index is 9.66. The quantitative estimate of drug-likeness (QED) is 0.755. The highest BCUT2D eigenvalue weighted by atomic mass is 16.3. The van der Waals surface area contributed by atoms with Gasteiger partial charge in [0, 0.05) is 19.8 Å². The summed E-state index contributed by atoms with van der Waals surface area (Å²) in [5.74, 6) is 0. The largest absolute Gasteiger partial charge is 0.388 e. The summed E-state index contributed by atoms with van der Waals surface area (Å²) in [6, 6.07) is 7.87. The molecule has 0 heterocycles. The molecule has 0 aliphatic heterocycles. The molecule has 3 N–H and O–H groups in total. The summed E-state index contributed by atoms with van der Waals surface area (Å²) < 4.78 is 0. The maximum atomic E-state index is 9.66. The van der Waals surface area contributed by atoms with Crippen molar-refractivity contribution >= 4 is 5.69 Å². The predicted molar refractivity (Wildman–Crippen MR) is 59.4 cm³/mol. The summed E-state index contributed by atoms with van der Waals surface area (Å²) in [6.45, 7) is 0.511. The summed E-state index contributed by atoms with van der Waals surface area (Å²) in [4.78, 5) is 2.03. The van der Waals surface area contributed by atoms with Gasteiger partial charge in [0.15, 0.2) is 0 Å². The molecule has 14 heavy (non-hydrogen) atoms. The third-order valence-corrected chi connectivity index (χ3v) is 2.23. The molecule has 0 radical (unpaired) electrons. The number of anilines is 1. The molecule has 0 unspecified atom stereocenters. The molecule has 3 heteroatoms. The normalized spacial score (nSPS) is 12.6. The SMILES string of the molecule is CN(C)c1ccc([C@H](O)CCN)cc1. The fourth-order valence-corrected chi connectivity index (χ4v) is 1.32. The summed E-state index contributed by atoms with van der Waals surface area (Å²) in [6.07, 6.45) is 0.178. The summed E-state index contributed by atoms with van der Waals surface area (Å²) in [7, 11) is 3.98. The van der Waals surface area contributed by atoms with Gasteiger partial charge in [0.2, 0.25) is 0 Å². The molecule has 1 aromatic rings. The molecule has 78 valence electrons. The molecule has 1 aromatic carbocycles. The second-order valence-electron chi connectivity index (χ2n) is 3.58. The number of nitrogens with two attached hydrogens (primary N) is 1. The third kappa shape index (κ3) is 2.72. The van der Waals surface area contributed by atoms with Crippen molar-refractivity contribution in [3.63, 3.8) is 0 Å². The smallest absolute Gasteiger partial charge is 0.0802 e. The zero-order valence-corrected chi connectivity index (χ0v) is 8.77. The first-order valence-electron chi connectivity index (χ1n) is 4.80. The Kier molecular flexibility index (Phi) is 3.92. The van der Waals surface area contributed by atoms with Crippen molar-refractivity contribution in [2.24, 2.45) is 5.73 Å². The predicted octanol–water partition coefficient (Wildman–Crippen LogP) is 1.13. The van der Waals surface area contributed by atoms with Crippen LogP contribution >= 0.6 is 0 Å². The van der Waals surface area contributed by atoms with Gasteiger partial charge in [-0.1, -0.05) is 12.1 Å². The minimum atomic E-state index is -0.434. The Labute approximate surface area is 85.2 Å². The van der Waals surface area contributed by atoms with E-state index < -0.39 is 6.10 Å². The van der Waals surface area contributed by atoms with E-state index in [1.807, 2.05) is 43.3 Å². The van der Waals surface area contributed by atoms with Crippen LogP contribution in [0, 0.1) is 0 Å². The maximum Gasteiger partial charge on any atom is 0.0802 e. The Morgan fingerprint density at radius 3 is 2.29 bits per heavy atom. The van der Waals surface area contributed by atoms with E-state index in [1.165, 1.54) is 0 Å². The van der Waals surface area contributed by atoms with Gasteiger partial charge in [0.25, 0.3) is 0 Å². The first kappa shape index (κ1) is 11.0. The molecular weight excluding hydrogens is 176 g/mol. The zero-order valence-electron chi connectivity index (χ0n) is 8.77. The minimum Gasteiger partial charge on any atom is -0.388 e. The van der Waals surface area contributed by atoms with Gasteiger partial charge in [-0.2, -0.15) is 0 Å². The molecule has 0 saturated carbocycles. The summed E-state index contributed by atoms with van der Waals surface area (Å²) in [5, 5.41) is 9.66. The van der Waals surface area contributed by atoms with Gasteiger partial charge in [-0.15, -0.1) is 0 Å². The summed E-state index contributed by atoms with van der Waals surface area (Å²) >= 11 is 0. The van der Waals surface area contributed by atoms with Crippen LogP contribution in [0.5, 0.6) is 0 Å². The van der Waals surface area contributed by atoms with E-state index >= 15 is 0 Å². The van der Waals surface area contributed by atoms with Crippen LogP contribution in [-0.2, 0) is 0 Å². The fraction of sp³-hybridized carbons (Fsp3) is 0.455. The number of hydrogen-bond acceptors (Lipinski definition) is 3. The number of nitrogens with zero attached hydrogens (tertiary/aromatic N) is 1. The van der Waals surface area contributed by atoms with E-state index in [9.17, 15) is 5.11 Å². The Morgan fingerprint density at radius 1 is 1.29 bits per heavy atom. The Hall–Kier alpha value is -1.06. The van der Waals surface area contributed by atoms with E-state index in [2.05, 4.69) is 0 Å². The molecule has 0 aromatic heterocycles. The highest BCUT2D eigenvalue weighted by molar-refractivity contribution is 5.46. The molecule has 0 bridgehead atoms. The molecule has 0 aliphatic rings. The molecule has 3 nitrogen and oxygen atoms in total. The van der Waals surface area contributed by atoms with E-state index in [0.29, 0.717) is 13.0 Å². The number of rotatable bonds is 4. The van der Waals surface area contributed by atoms with Crippen molar-refractivity contribution in [3.8, 4) is 0 Å². The van der Waals surface area contributed by atoms with E-state index in [4.69, 9.17) is 5.73 Å². The lowest BCUT2D eigenvalue weighted by Crippen LogP contribution is -2.09. The number of aliphatic hydroxyl groups is 1. The van der Waals surface area contributed by atoms with Crippen molar-refractivity contribution < 1.29 is 5.11 Å². The number of hydrogen-bond donors (Lipinski definition) is 2. The molecular formula is C11H18N2O. The van der Waals surface area contributed by atoms with Crippen molar-refractivity contribution in [1.82, 2.24) is 0 Å². The van der Waals surface area contributed by atoms with Crippen LogP contribution in [0.2, 0.25) is 0 Å². The van der Waals surface area contributed by atoms with E-state index in [1.54, 1.807) is 0 Å². The van der Waals surface area contributed by atoms with Crippen molar-refractivity contribution in [2.45, 2.75) is 12.5 Å². The molecule has 0 spiro atoms. The van der Waals surface area contributed by atoms with Gasteiger partial charge in [-0.25, -0.2) is 0 Å². The van der Waals surface area contributed by atoms with Crippen molar-refractivity contribution in [1.29, 1.82) is 0 Å². The molecule has 1 rings (SSSR count). The molecule has 0 amide bonds.